The molecule has 0 saturated carbocycles. The first kappa shape index (κ1) is 27.6. The van der Waals surface area contributed by atoms with Crippen LogP contribution < -0.4 is 5.32 Å². The van der Waals surface area contributed by atoms with E-state index >= 15 is 0 Å². The van der Waals surface area contributed by atoms with E-state index in [1.165, 1.54) is 0 Å². The monoisotopic (exact) mass is 520 g/mol. The molecule has 9 nitrogen and oxygen atoms in total. The lowest BCUT2D eigenvalue weighted by Crippen LogP contribution is -2.51. The van der Waals surface area contributed by atoms with Crippen LogP contribution in [-0.2, 0) is 21.0 Å². The molecule has 1 aromatic heterocycles. The van der Waals surface area contributed by atoms with E-state index in [9.17, 15) is 22.8 Å². The van der Waals surface area contributed by atoms with E-state index in [0.29, 0.717) is 37.3 Å². The van der Waals surface area contributed by atoms with Crippen molar-refractivity contribution in [1.82, 2.24) is 15.2 Å². The van der Waals surface area contributed by atoms with Crippen molar-refractivity contribution in [3.8, 4) is 0 Å². The molecule has 4 rings (SSSR count). The SMILES string of the molecule is Cc1ccc(C(=O)N2CCCC3(CC(C(=O)NCc4cccnc4)=NO3)C2)cc1C.O=C(O)C(F)(F)F. The van der Waals surface area contributed by atoms with Crippen LogP contribution in [-0.4, -0.2) is 63.4 Å². The van der Waals surface area contributed by atoms with Crippen molar-refractivity contribution < 1.29 is 37.5 Å². The molecule has 2 aliphatic heterocycles. The summed E-state index contributed by atoms with van der Waals surface area (Å²) in [6.45, 7) is 5.54. The number of aromatic nitrogens is 1. The van der Waals surface area contributed by atoms with Crippen molar-refractivity contribution in [3.05, 3.63) is 65.0 Å². The Morgan fingerprint density at radius 1 is 1.19 bits per heavy atom. The third-order valence-corrected chi connectivity index (χ3v) is 6.10. The molecule has 2 aromatic rings. The smallest absolute Gasteiger partial charge is 0.475 e. The standard InChI is InChI=1S/C23H26N4O3.C2HF3O2/c1-16-6-7-19(11-17(16)2)22(29)27-10-4-8-23(15-27)12-20(26-30-23)21(28)25-14-18-5-3-9-24-13-18;3-2(4,5)1(6)7/h3,5-7,9,11,13H,4,8,10,12,14-15H2,1-2H3,(H,25,28);(H,6,7). The molecule has 1 saturated heterocycles. The molecule has 2 aliphatic rings. The molecule has 2 N–H and O–H groups in total. The lowest BCUT2D eigenvalue weighted by Gasteiger charge is -2.38. The van der Waals surface area contributed by atoms with Crippen LogP contribution in [0.25, 0.3) is 0 Å². The lowest BCUT2D eigenvalue weighted by atomic mass is 9.87. The van der Waals surface area contributed by atoms with Crippen LogP contribution in [0.15, 0.2) is 47.9 Å². The van der Waals surface area contributed by atoms with Gasteiger partial charge >= 0.3 is 12.1 Å². The minimum Gasteiger partial charge on any atom is -0.475 e. The Labute approximate surface area is 211 Å². The van der Waals surface area contributed by atoms with E-state index in [1.54, 1.807) is 12.4 Å². The molecule has 12 heteroatoms. The number of carbonyl (C=O) groups excluding carboxylic acids is 2. The summed E-state index contributed by atoms with van der Waals surface area (Å²) in [5, 5.41) is 14.1. The zero-order valence-electron chi connectivity index (χ0n) is 20.3. The maximum absolute atomic E-state index is 13.0. The van der Waals surface area contributed by atoms with Crippen LogP contribution in [0.4, 0.5) is 13.2 Å². The third kappa shape index (κ3) is 7.28. The summed E-state index contributed by atoms with van der Waals surface area (Å²) in [5.41, 5.74) is 3.62. The van der Waals surface area contributed by atoms with E-state index in [1.807, 2.05) is 49.1 Å². The van der Waals surface area contributed by atoms with Crippen LogP contribution >= 0.6 is 0 Å². The number of carboxylic acid groups (broad SMARTS) is 1. The van der Waals surface area contributed by atoms with Crippen molar-refractivity contribution in [2.45, 2.75) is 51.4 Å². The highest BCUT2D eigenvalue weighted by atomic mass is 19.4. The molecule has 1 unspecified atom stereocenters. The maximum Gasteiger partial charge on any atom is 0.490 e. The fraction of sp³-hybridized carbons (Fsp3) is 0.400. The summed E-state index contributed by atoms with van der Waals surface area (Å²) in [7, 11) is 0. The number of amides is 2. The zero-order chi connectivity index (χ0) is 27.2. The van der Waals surface area contributed by atoms with Gasteiger partial charge in [-0.2, -0.15) is 13.2 Å². The second-order valence-corrected chi connectivity index (χ2v) is 8.97. The van der Waals surface area contributed by atoms with Gasteiger partial charge in [0.15, 0.2) is 5.60 Å². The average molecular weight is 521 g/mol. The van der Waals surface area contributed by atoms with E-state index in [0.717, 1.165) is 29.5 Å². The number of aryl methyl sites for hydroxylation is 2. The number of pyridine rings is 1. The van der Waals surface area contributed by atoms with Crippen LogP contribution in [0.1, 0.15) is 46.3 Å². The van der Waals surface area contributed by atoms with E-state index in [4.69, 9.17) is 14.7 Å². The number of alkyl halides is 3. The van der Waals surface area contributed by atoms with Crippen molar-refractivity contribution in [3.63, 3.8) is 0 Å². The minimum absolute atomic E-state index is 0.00439. The maximum atomic E-state index is 13.0. The Balaban J connectivity index is 0.000000479. The Bertz CT molecular complexity index is 1190. The average Bonchev–Trinajstić information content (AvgIpc) is 3.27. The zero-order valence-corrected chi connectivity index (χ0v) is 20.3. The second-order valence-electron chi connectivity index (χ2n) is 8.97. The predicted octanol–water partition coefficient (Wildman–Crippen LogP) is 3.40. The number of benzene rings is 1. The first-order valence-corrected chi connectivity index (χ1v) is 11.5. The number of nitrogens with one attached hydrogen (secondary N) is 1. The van der Waals surface area contributed by atoms with E-state index < -0.39 is 17.7 Å². The van der Waals surface area contributed by atoms with Gasteiger partial charge in [0.25, 0.3) is 11.8 Å². The van der Waals surface area contributed by atoms with E-state index in [-0.39, 0.29) is 11.8 Å². The highest BCUT2D eigenvalue weighted by Gasteiger charge is 2.45. The normalized spacial score (nSPS) is 18.8. The molecule has 0 bridgehead atoms. The fourth-order valence-electron chi connectivity index (χ4n) is 3.98. The molecule has 0 radical (unpaired) electrons. The van der Waals surface area contributed by atoms with Crippen LogP contribution in [0.5, 0.6) is 0 Å². The van der Waals surface area contributed by atoms with Gasteiger partial charge in [0.1, 0.15) is 5.71 Å². The largest absolute Gasteiger partial charge is 0.490 e. The summed E-state index contributed by atoms with van der Waals surface area (Å²) >= 11 is 0. The Hall–Kier alpha value is -3.96. The molecule has 2 amide bonds. The van der Waals surface area contributed by atoms with Crippen LogP contribution in [0, 0.1) is 13.8 Å². The van der Waals surface area contributed by atoms with Crippen molar-refractivity contribution >= 4 is 23.5 Å². The molecule has 1 spiro atoms. The number of aliphatic carboxylic acids is 1. The number of rotatable bonds is 4. The number of oxime groups is 1. The Morgan fingerprint density at radius 2 is 1.92 bits per heavy atom. The Morgan fingerprint density at radius 3 is 2.54 bits per heavy atom. The number of carbonyl (C=O) groups is 3. The summed E-state index contributed by atoms with van der Waals surface area (Å²) in [4.78, 5) is 46.1. The number of halogens is 3. The number of nitrogens with zero attached hydrogens (tertiary/aromatic N) is 3. The number of piperidine rings is 1. The lowest BCUT2D eigenvalue weighted by molar-refractivity contribution is -0.192. The minimum atomic E-state index is -5.08. The summed E-state index contributed by atoms with van der Waals surface area (Å²) in [5.74, 6) is -3.00. The summed E-state index contributed by atoms with van der Waals surface area (Å²) in [6.07, 6.45) is 0.315. The molecule has 37 heavy (non-hydrogen) atoms. The molecular formula is C25H27F3N4O5. The first-order chi connectivity index (χ1) is 17.4. The summed E-state index contributed by atoms with van der Waals surface area (Å²) < 4.78 is 31.7. The number of hydrogen-bond acceptors (Lipinski definition) is 6. The second kappa shape index (κ2) is 11.4. The highest BCUT2D eigenvalue weighted by molar-refractivity contribution is 6.39. The van der Waals surface area contributed by atoms with Gasteiger partial charge in [0, 0.05) is 37.5 Å². The highest BCUT2D eigenvalue weighted by Crippen LogP contribution is 2.34. The van der Waals surface area contributed by atoms with Gasteiger partial charge in [-0.05, 0) is 61.6 Å². The first-order valence-electron chi connectivity index (χ1n) is 11.5. The Kier molecular flexibility index (Phi) is 8.51. The van der Waals surface area contributed by atoms with Gasteiger partial charge in [-0.1, -0.05) is 17.3 Å². The topological polar surface area (TPSA) is 121 Å². The van der Waals surface area contributed by atoms with Crippen LogP contribution in [0.2, 0.25) is 0 Å². The van der Waals surface area contributed by atoms with Gasteiger partial charge in [-0.15, -0.1) is 0 Å². The third-order valence-electron chi connectivity index (χ3n) is 6.10. The van der Waals surface area contributed by atoms with E-state index in [2.05, 4.69) is 15.5 Å². The van der Waals surface area contributed by atoms with Crippen LogP contribution in [0.3, 0.4) is 0 Å². The van der Waals surface area contributed by atoms with Gasteiger partial charge in [-0.3, -0.25) is 14.6 Å². The molecule has 3 heterocycles. The van der Waals surface area contributed by atoms with Gasteiger partial charge in [0.2, 0.25) is 0 Å². The number of likely N-dealkylation sites (tertiary alicyclic amines) is 1. The molecule has 198 valence electrons. The number of hydrogen-bond donors (Lipinski definition) is 2. The molecular weight excluding hydrogens is 493 g/mol. The quantitative estimate of drug-likeness (QED) is 0.638. The van der Waals surface area contributed by atoms with Gasteiger partial charge in [-0.25, -0.2) is 4.79 Å². The number of carboxylic acids is 1. The molecule has 0 aliphatic carbocycles. The van der Waals surface area contributed by atoms with Gasteiger partial charge in [0.05, 0.1) is 6.54 Å². The summed E-state index contributed by atoms with van der Waals surface area (Å²) in [6, 6.07) is 9.51. The molecule has 1 fully saturated rings. The van der Waals surface area contributed by atoms with Gasteiger partial charge < -0.3 is 20.2 Å². The molecule has 1 atom stereocenters. The van der Waals surface area contributed by atoms with Crippen molar-refractivity contribution in [2.24, 2.45) is 5.16 Å². The van der Waals surface area contributed by atoms with Crippen molar-refractivity contribution in [2.75, 3.05) is 13.1 Å². The molecule has 1 aromatic carbocycles. The fourth-order valence-corrected chi connectivity index (χ4v) is 3.98. The van der Waals surface area contributed by atoms with Crippen molar-refractivity contribution in [1.29, 1.82) is 0 Å². The predicted molar refractivity (Wildman–Crippen MR) is 127 cm³/mol.